The lowest BCUT2D eigenvalue weighted by Gasteiger charge is -2.09. The Morgan fingerprint density at radius 3 is 2.28 bits per heavy atom. The first kappa shape index (κ1) is 16.9. The number of aromatic hydroxyl groups is 1. The normalized spacial score (nSPS) is 11.7. The molecule has 0 atom stereocenters. The lowest BCUT2D eigenvalue weighted by Crippen LogP contribution is -2.04. The molecule has 0 saturated heterocycles. The van der Waals surface area contributed by atoms with Crippen LogP contribution < -0.4 is 5.73 Å². The molecule has 0 unspecified atom stereocenters. The van der Waals surface area contributed by atoms with Crippen molar-refractivity contribution in [3.8, 4) is 28.1 Å². The Balaban J connectivity index is 2.21. The molecule has 130 valence electrons. The highest BCUT2D eigenvalue weighted by Gasteiger charge is 2.31. The van der Waals surface area contributed by atoms with Crippen LogP contribution in [-0.2, 0) is 13.2 Å². The summed E-state index contributed by atoms with van der Waals surface area (Å²) in [7, 11) is 1.55. The van der Waals surface area contributed by atoms with E-state index in [1.807, 2.05) is 0 Å². The number of alkyl halides is 3. The SMILES string of the molecule is Cn1c(N)c(-c2cccc(C(F)(F)F)c2)c(O)c1-c1cccc(F)c1. The van der Waals surface area contributed by atoms with E-state index in [9.17, 15) is 22.7 Å². The quantitative estimate of drug-likeness (QED) is 0.652. The Bertz CT molecular complexity index is 945. The number of nitrogens with zero attached hydrogens (tertiary/aromatic N) is 1. The molecule has 3 aromatic rings. The van der Waals surface area contributed by atoms with Crippen LogP contribution >= 0.6 is 0 Å². The Labute approximate surface area is 140 Å². The number of nitrogen functional groups attached to an aromatic ring is 1. The highest BCUT2D eigenvalue weighted by Crippen LogP contribution is 2.45. The van der Waals surface area contributed by atoms with Crippen LogP contribution in [0.3, 0.4) is 0 Å². The summed E-state index contributed by atoms with van der Waals surface area (Å²) in [6.45, 7) is 0. The van der Waals surface area contributed by atoms with Gasteiger partial charge in [0.05, 0.1) is 16.8 Å². The summed E-state index contributed by atoms with van der Waals surface area (Å²) < 4.78 is 53.7. The second-order valence-electron chi connectivity index (χ2n) is 5.61. The van der Waals surface area contributed by atoms with Gasteiger partial charge in [0.2, 0.25) is 0 Å². The third-order valence-electron chi connectivity index (χ3n) is 3.99. The van der Waals surface area contributed by atoms with Crippen LogP contribution in [0.4, 0.5) is 23.4 Å². The molecule has 0 fully saturated rings. The second-order valence-corrected chi connectivity index (χ2v) is 5.61. The minimum Gasteiger partial charge on any atom is -0.505 e. The maximum absolute atomic E-state index is 13.5. The van der Waals surface area contributed by atoms with Gasteiger partial charge in [-0.3, -0.25) is 0 Å². The third-order valence-corrected chi connectivity index (χ3v) is 3.99. The summed E-state index contributed by atoms with van der Waals surface area (Å²) in [5.74, 6) is -0.724. The van der Waals surface area contributed by atoms with Crippen molar-refractivity contribution in [1.82, 2.24) is 4.57 Å². The number of rotatable bonds is 2. The number of nitrogens with two attached hydrogens (primary N) is 1. The van der Waals surface area contributed by atoms with Gasteiger partial charge < -0.3 is 15.4 Å². The molecule has 0 bridgehead atoms. The van der Waals surface area contributed by atoms with Gasteiger partial charge >= 0.3 is 6.18 Å². The van der Waals surface area contributed by atoms with Gasteiger partial charge in [0, 0.05) is 12.6 Å². The number of hydrogen-bond acceptors (Lipinski definition) is 2. The molecule has 3 rings (SSSR count). The van der Waals surface area contributed by atoms with Crippen molar-refractivity contribution in [2.75, 3.05) is 5.73 Å². The number of anilines is 1. The molecule has 25 heavy (non-hydrogen) atoms. The van der Waals surface area contributed by atoms with Gasteiger partial charge in [-0.2, -0.15) is 13.2 Å². The Morgan fingerprint density at radius 2 is 1.64 bits per heavy atom. The molecule has 0 saturated carbocycles. The zero-order valence-corrected chi connectivity index (χ0v) is 13.1. The first-order valence-corrected chi connectivity index (χ1v) is 7.31. The maximum Gasteiger partial charge on any atom is 0.416 e. The van der Waals surface area contributed by atoms with Gasteiger partial charge in [0.15, 0.2) is 5.75 Å². The summed E-state index contributed by atoms with van der Waals surface area (Å²) in [6.07, 6.45) is -4.51. The lowest BCUT2D eigenvalue weighted by molar-refractivity contribution is -0.137. The largest absolute Gasteiger partial charge is 0.505 e. The number of hydrogen-bond donors (Lipinski definition) is 2. The Hall–Kier alpha value is -2.96. The minimum absolute atomic E-state index is 0.0767. The van der Waals surface area contributed by atoms with E-state index in [4.69, 9.17) is 5.73 Å². The smallest absolute Gasteiger partial charge is 0.416 e. The lowest BCUT2D eigenvalue weighted by atomic mass is 10.0. The molecule has 0 aliphatic carbocycles. The molecule has 0 amide bonds. The molecule has 1 aromatic heterocycles. The topological polar surface area (TPSA) is 51.2 Å². The number of benzene rings is 2. The fourth-order valence-electron chi connectivity index (χ4n) is 2.79. The number of aromatic nitrogens is 1. The molecule has 3 nitrogen and oxygen atoms in total. The second kappa shape index (κ2) is 5.84. The van der Waals surface area contributed by atoms with Gasteiger partial charge in [-0.1, -0.05) is 24.3 Å². The van der Waals surface area contributed by atoms with Gasteiger partial charge in [-0.05, 0) is 29.8 Å². The van der Waals surface area contributed by atoms with Crippen molar-refractivity contribution in [3.63, 3.8) is 0 Å². The summed E-state index contributed by atoms with van der Waals surface area (Å²) >= 11 is 0. The van der Waals surface area contributed by atoms with Crippen LogP contribution in [0.5, 0.6) is 5.75 Å². The molecule has 2 aromatic carbocycles. The molecule has 0 spiro atoms. The summed E-state index contributed by atoms with van der Waals surface area (Å²) in [4.78, 5) is 0. The van der Waals surface area contributed by atoms with Gasteiger partial charge in [0.25, 0.3) is 0 Å². The van der Waals surface area contributed by atoms with Gasteiger partial charge in [0.1, 0.15) is 11.6 Å². The van der Waals surface area contributed by atoms with E-state index in [-0.39, 0.29) is 28.4 Å². The summed E-state index contributed by atoms with van der Waals surface area (Å²) in [5.41, 5.74) is 5.95. The fourth-order valence-corrected chi connectivity index (χ4v) is 2.79. The highest BCUT2D eigenvalue weighted by atomic mass is 19.4. The zero-order chi connectivity index (χ0) is 18.4. The highest BCUT2D eigenvalue weighted by molar-refractivity contribution is 5.89. The average Bonchev–Trinajstić information content (AvgIpc) is 2.76. The van der Waals surface area contributed by atoms with Crippen LogP contribution in [0.15, 0.2) is 48.5 Å². The van der Waals surface area contributed by atoms with Crippen molar-refractivity contribution < 1.29 is 22.7 Å². The van der Waals surface area contributed by atoms with Crippen LogP contribution in [0, 0.1) is 5.82 Å². The Morgan fingerprint density at radius 1 is 1.00 bits per heavy atom. The zero-order valence-electron chi connectivity index (χ0n) is 13.1. The van der Waals surface area contributed by atoms with E-state index in [1.165, 1.54) is 34.9 Å². The van der Waals surface area contributed by atoms with Crippen molar-refractivity contribution in [2.24, 2.45) is 7.05 Å². The van der Waals surface area contributed by atoms with Gasteiger partial charge in [-0.25, -0.2) is 4.39 Å². The molecule has 0 aliphatic heterocycles. The minimum atomic E-state index is -4.51. The van der Waals surface area contributed by atoms with Crippen molar-refractivity contribution in [1.29, 1.82) is 0 Å². The van der Waals surface area contributed by atoms with E-state index in [2.05, 4.69) is 0 Å². The van der Waals surface area contributed by atoms with Crippen molar-refractivity contribution >= 4 is 5.82 Å². The van der Waals surface area contributed by atoms with E-state index >= 15 is 0 Å². The van der Waals surface area contributed by atoms with E-state index in [0.29, 0.717) is 5.56 Å². The standard InChI is InChI=1S/C18H14F4N2O/c1-24-15(11-5-3-7-13(19)9-11)16(25)14(17(24)23)10-4-2-6-12(8-10)18(20,21)22/h2-9,25H,23H2,1H3. The molecule has 7 heteroatoms. The first-order chi connectivity index (χ1) is 11.7. The monoisotopic (exact) mass is 350 g/mol. The van der Waals surface area contributed by atoms with Crippen LogP contribution in [-0.4, -0.2) is 9.67 Å². The van der Waals surface area contributed by atoms with E-state index in [1.54, 1.807) is 13.1 Å². The molecule has 3 N–H and O–H groups in total. The van der Waals surface area contributed by atoms with Crippen molar-refractivity contribution in [2.45, 2.75) is 6.18 Å². The number of halogens is 4. The Kier molecular flexibility index (Phi) is 3.94. The molecule has 1 heterocycles. The van der Waals surface area contributed by atoms with Crippen LogP contribution in [0.2, 0.25) is 0 Å². The summed E-state index contributed by atoms with van der Waals surface area (Å²) in [6, 6.07) is 10.0. The molecular formula is C18H14F4N2O. The maximum atomic E-state index is 13.5. The fraction of sp³-hybridized carbons (Fsp3) is 0.111. The molecule has 0 radical (unpaired) electrons. The van der Waals surface area contributed by atoms with Gasteiger partial charge in [-0.15, -0.1) is 0 Å². The van der Waals surface area contributed by atoms with E-state index < -0.39 is 17.6 Å². The van der Waals surface area contributed by atoms with Crippen LogP contribution in [0.1, 0.15) is 5.56 Å². The predicted molar refractivity (Wildman–Crippen MR) is 87.3 cm³/mol. The molecular weight excluding hydrogens is 336 g/mol. The summed E-state index contributed by atoms with van der Waals surface area (Å²) in [5, 5.41) is 10.6. The third kappa shape index (κ3) is 2.93. The predicted octanol–water partition coefficient (Wildman–Crippen LogP) is 4.80. The molecule has 0 aliphatic rings. The van der Waals surface area contributed by atoms with E-state index in [0.717, 1.165) is 12.1 Å². The average molecular weight is 350 g/mol. The first-order valence-electron chi connectivity index (χ1n) is 7.31. The van der Waals surface area contributed by atoms with Crippen LogP contribution in [0.25, 0.3) is 22.4 Å². The van der Waals surface area contributed by atoms with Crippen molar-refractivity contribution in [3.05, 3.63) is 59.9 Å².